The predicted molar refractivity (Wildman–Crippen MR) is 232 cm³/mol. The van der Waals surface area contributed by atoms with Crippen LogP contribution in [0.3, 0.4) is 0 Å². The van der Waals surface area contributed by atoms with E-state index >= 15 is 0 Å². The van der Waals surface area contributed by atoms with E-state index in [0.717, 1.165) is 37.3 Å². The first kappa shape index (κ1) is 41.7. The van der Waals surface area contributed by atoms with Gasteiger partial charge >= 0.3 is 19.7 Å². The molecule has 4 aliphatic rings. The van der Waals surface area contributed by atoms with Gasteiger partial charge in [0.25, 0.3) is 0 Å². The molecular formula is C42H39BClF2N12O4. The third-order valence-electron chi connectivity index (χ3n) is 10.5. The van der Waals surface area contributed by atoms with Gasteiger partial charge in [-0.3, -0.25) is 30.4 Å². The first-order valence-electron chi connectivity index (χ1n) is 19.6. The normalized spacial score (nSPS) is 16.5. The number of nitrogens with zero attached hydrogens (tertiary/aromatic N) is 10. The second-order valence-corrected chi connectivity index (χ2v) is 15.0. The van der Waals surface area contributed by atoms with Gasteiger partial charge in [0.1, 0.15) is 23.1 Å². The molecule has 2 atom stereocenters. The molecule has 20 heteroatoms. The van der Waals surface area contributed by atoms with E-state index in [2.05, 4.69) is 50.1 Å². The van der Waals surface area contributed by atoms with Crippen molar-refractivity contribution in [1.82, 2.24) is 29.9 Å². The lowest BCUT2D eigenvalue weighted by molar-refractivity contribution is 0.254. The molecular weight excluding hydrogens is 821 g/mol. The Morgan fingerprint density at radius 3 is 1.81 bits per heavy atom. The van der Waals surface area contributed by atoms with Gasteiger partial charge in [0.15, 0.2) is 28.4 Å². The summed E-state index contributed by atoms with van der Waals surface area (Å²) in [6, 6.07) is 19.6. The zero-order chi connectivity index (χ0) is 43.3. The van der Waals surface area contributed by atoms with Gasteiger partial charge in [0.05, 0.1) is 23.5 Å². The van der Waals surface area contributed by atoms with E-state index in [4.69, 9.17) is 16.6 Å². The SMILES string of the molecule is Cc1cc(-c2nc3c(cc2F)N2CC[C@@H](C2)N3C(=O)Nc2ccccn2)ccn1.Cc1cc(O[B]O)ccn1.O=C(Nc1ccccn1)N1c2nc(Cl)c(F)cc2N2CC[C@H]1C2. The molecule has 6 aromatic heterocycles. The van der Waals surface area contributed by atoms with Crippen molar-refractivity contribution in [3.63, 3.8) is 0 Å². The third kappa shape index (κ3) is 9.03. The van der Waals surface area contributed by atoms with Crippen molar-refractivity contribution in [2.75, 3.05) is 56.4 Å². The molecule has 4 bridgehead atoms. The number of pyridine rings is 6. The number of fused-ring (bicyclic) bond motifs is 8. The number of carbonyl (C=O) groups is 2. The molecule has 6 aromatic rings. The van der Waals surface area contributed by atoms with Crippen molar-refractivity contribution in [2.24, 2.45) is 0 Å². The number of amides is 4. The van der Waals surface area contributed by atoms with Crippen molar-refractivity contribution in [3.8, 4) is 17.0 Å². The molecule has 4 aliphatic heterocycles. The predicted octanol–water partition coefficient (Wildman–Crippen LogP) is 6.81. The molecule has 0 unspecified atom stereocenters. The van der Waals surface area contributed by atoms with Crippen molar-refractivity contribution in [1.29, 1.82) is 0 Å². The van der Waals surface area contributed by atoms with Crippen LogP contribution < -0.4 is 34.9 Å². The highest BCUT2D eigenvalue weighted by Crippen LogP contribution is 2.42. The minimum atomic E-state index is -0.583. The highest BCUT2D eigenvalue weighted by Gasteiger charge is 2.42. The average molecular weight is 860 g/mol. The maximum Gasteiger partial charge on any atom is 0.569 e. The van der Waals surface area contributed by atoms with Crippen LogP contribution in [0.2, 0.25) is 5.15 Å². The number of hydrogen-bond acceptors (Lipinski definition) is 12. The van der Waals surface area contributed by atoms with Crippen LogP contribution in [0.15, 0.2) is 97.6 Å². The lowest BCUT2D eigenvalue weighted by atomic mass is 10.1. The number of rotatable bonds is 5. The van der Waals surface area contributed by atoms with Gasteiger partial charge in [-0.1, -0.05) is 23.7 Å². The van der Waals surface area contributed by atoms with Crippen LogP contribution in [0.5, 0.6) is 5.75 Å². The summed E-state index contributed by atoms with van der Waals surface area (Å²) in [6.07, 6.45) is 8.07. The first-order valence-corrected chi connectivity index (χ1v) is 20.0. The van der Waals surface area contributed by atoms with Gasteiger partial charge in [0, 0.05) is 80.1 Å². The number of nitrogens with one attached hydrogen (secondary N) is 2. The summed E-state index contributed by atoms with van der Waals surface area (Å²) >= 11 is 5.82. The maximum atomic E-state index is 15.0. The van der Waals surface area contributed by atoms with Gasteiger partial charge in [-0.25, -0.2) is 38.3 Å². The second kappa shape index (κ2) is 18.3. The van der Waals surface area contributed by atoms with E-state index < -0.39 is 11.6 Å². The molecule has 0 saturated carbocycles. The number of carbonyl (C=O) groups excluding carboxylic acids is 2. The molecule has 3 N–H and O–H groups in total. The summed E-state index contributed by atoms with van der Waals surface area (Å²) in [7, 11) is 0.648. The quantitative estimate of drug-likeness (QED) is 0.122. The molecule has 2 saturated heterocycles. The summed E-state index contributed by atoms with van der Waals surface area (Å²) in [5.41, 5.74) is 3.72. The van der Waals surface area contributed by atoms with Crippen LogP contribution in [0.1, 0.15) is 24.2 Å². The Kier molecular flexibility index (Phi) is 12.3. The van der Waals surface area contributed by atoms with Crippen molar-refractivity contribution < 1.29 is 28.0 Å². The van der Waals surface area contributed by atoms with Crippen molar-refractivity contribution in [2.45, 2.75) is 38.8 Å². The van der Waals surface area contributed by atoms with Crippen LogP contribution in [-0.2, 0) is 0 Å². The van der Waals surface area contributed by atoms with Crippen molar-refractivity contribution in [3.05, 3.63) is 126 Å². The number of aryl methyl sites for hydroxylation is 2. The van der Waals surface area contributed by atoms with Gasteiger partial charge < -0.3 is 19.5 Å². The molecule has 10 rings (SSSR count). The molecule has 62 heavy (non-hydrogen) atoms. The van der Waals surface area contributed by atoms with E-state index in [1.807, 2.05) is 24.8 Å². The summed E-state index contributed by atoms with van der Waals surface area (Å²) in [4.78, 5) is 58.2. The Morgan fingerprint density at radius 2 is 1.27 bits per heavy atom. The fourth-order valence-electron chi connectivity index (χ4n) is 7.71. The van der Waals surface area contributed by atoms with Crippen LogP contribution in [0.25, 0.3) is 11.3 Å². The maximum absolute atomic E-state index is 15.0. The van der Waals surface area contributed by atoms with Crippen molar-refractivity contribution >= 4 is 66.0 Å². The van der Waals surface area contributed by atoms with Crippen LogP contribution >= 0.6 is 11.6 Å². The van der Waals surface area contributed by atoms with Gasteiger partial charge in [-0.15, -0.1) is 0 Å². The molecule has 16 nitrogen and oxygen atoms in total. The van der Waals surface area contributed by atoms with E-state index in [1.165, 1.54) is 12.1 Å². The van der Waals surface area contributed by atoms with Crippen LogP contribution in [-0.4, -0.2) is 92.9 Å². The van der Waals surface area contributed by atoms with Gasteiger partial charge in [-0.2, -0.15) is 0 Å². The lowest BCUT2D eigenvalue weighted by Crippen LogP contribution is -2.48. The van der Waals surface area contributed by atoms with E-state index in [1.54, 1.807) is 89.2 Å². The Labute approximate surface area is 360 Å². The van der Waals surface area contributed by atoms with E-state index in [-0.39, 0.29) is 35.0 Å². The Balaban J connectivity index is 0.000000143. The van der Waals surface area contributed by atoms with E-state index in [0.29, 0.717) is 66.7 Å². The molecule has 4 amide bonds. The standard InChI is InChI=1S/C21H19FN6O.C15H13ClFN5O.C6H7BNO2/c1-13-10-14(5-8-23-13)19-16(22)11-17-20(26-19)28(15-6-9-27(17)12-15)21(29)25-18-4-2-3-7-24-18;16-13-10(17)7-11-14(20-13)22(9-4-6-21(11)8-9)15(23)19-12-3-1-2-5-18-12;1-5-4-6(10-7-9)2-3-8-5/h2-5,7-8,10-11,15H,6,9,12H2,1H3,(H,24,25,29);1-3,5,7,9H,4,6,8H2,(H,18,19,23);2-4,9H,1H3/t15-;9-;/m00./s1. The zero-order valence-electron chi connectivity index (χ0n) is 33.5. The second-order valence-electron chi connectivity index (χ2n) is 14.6. The summed E-state index contributed by atoms with van der Waals surface area (Å²) < 4.78 is 33.4. The molecule has 315 valence electrons. The Bertz CT molecular complexity index is 2590. The molecule has 1 radical (unpaired) electrons. The summed E-state index contributed by atoms with van der Waals surface area (Å²) in [5, 5.41) is 13.6. The number of anilines is 6. The van der Waals surface area contributed by atoms with Crippen LogP contribution in [0.4, 0.5) is 53.0 Å². The molecule has 10 heterocycles. The summed E-state index contributed by atoms with van der Waals surface area (Å²) in [5.74, 6) is 1.37. The fourth-order valence-corrected chi connectivity index (χ4v) is 7.85. The highest BCUT2D eigenvalue weighted by molar-refractivity contribution is 6.30. The monoisotopic (exact) mass is 859 g/mol. The average Bonchev–Trinajstić information content (AvgIpc) is 3.89. The number of hydrogen-bond donors (Lipinski definition) is 3. The summed E-state index contributed by atoms with van der Waals surface area (Å²) in [6.45, 7) is 6.54. The zero-order valence-corrected chi connectivity index (χ0v) is 34.2. The molecule has 0 aromatic carbocycles. The minimum Gasteiger partial charge on any atom is -0.537 e. The Morgan fingerprint density at radius 1 is 0.726 bits per heavy atom. The van der Waals surface area contributed by atoms with Gasteiger partial charge in [0.2, 0.25) is 0 Å². The third-order valence-corrected chi connectivity index (χ3v) is 10.8. The smallest absolute Gasteiger partial charge is 0.537 e. The van der Waals surface area contributed by atoms with Gasteiger partial charge in [-0.05, 0) is 75.2 Å². The highest BCUT2D eigenvalue weighted by atomic mass is 35.5. The molecule has 0 aliphatic carbocycles. The minimum absolute atomic E-state index is 0.0137. The van der Waals surface area contributed by atoms with Crippen LogP contribution in [0, 0.1) is 25.5 Å². The number of urea groups is 2. The topological polar surface area (TPSA) is 178 Å². The molecule has 2 fully saturated rings. The lowest BCUT2D eigenvalue weighted by Gasteiger charge is -2.36. The Hall–Kier alpha value is -6.99. The number of aromatic nitrogens is 6. The van der Waals surface area contributed by atoms with E-state index in [9.17, 15) is 18.4 Å². The molecule has 0 spiro atoms. The number of halogens is 3. The fraction of sp³-hybridized carbons (Fsp3) is 0.238. The largest absolute Gasteiger partial charge is 0.569 e. The first-order chi connectivity index (χ1) is 30.1.